The van der Waals surface area contributed by atoms with Crippen LogP contribution in [-0.4, -0.2) is 30.9 Å². The van der Waals surface area contributed by atoms with Crippen LogP contribution in [0, 0.1) is 0 Å². The van der Waals surface area contributed by atoms with E-state index >= 15 is 0 Å². The van der Waals surface area contributed by atoms with Gasteiger partial charge in [0.25, 0.3) is 0 Å². The third-order valence-electron chi connectivity index (χ3n) is 3.22. The highest BCUT2D eigenvalue weighted by Crippen LogP contribution is 2.21. The maximum atomic E-state index is 11.6. The number of nitrogens with one attached hydrogen (secondary N) is 2. The second-order valence-electron chi connectivity index (χ2n) is 4.96. The molecule has 0 bridgehead atoms. The lowest BCUT2D eigenvalue weighted by atomic mass is 10.1. The summed E-state index contributed by atoms with van der Waals surface area (Å²) in [6.07, 6.45) is 0. The van der Waals surface area contributed by atoms with Gasteiger partial charge in [0, 0.05) is 6.54 Å². The minimum absolute atomic E-state index is 0.0781. The van der Waals surface area contributed by atoms with Gasteiger partial charge >= 0.3 is 6.03 Å². The van der Waals surface area contributed by atoms with E-state index in [2.05, 4.69) is 10.6 Å². The summed E-state index contributed by atoms with van der Waals surface area (Å²) in [6, 6.07) is 11.3. The zero-order valence-electron chi connectivity index (χ0n) is 12.2. The Morgan fingerprint density at radius 1 is 1.24 bits per heavy atom. The second kappa shape index (κ2) is 6.95. The monoisotopic (exact) mass is 288 g/mol. The topological polar surface area (TPSA) is 70.6 Å². The number of hydrogen-bond donors (Lipinski definition) is 3. The molecule has 0 saturated heterocycles. The van der Waals surface area contributed by atoms with Crippen LogP contribution in [-0.2, 0) is 6.54 Å². The zero-order valence-corrected chi connectivity index (χ0v) is 12.2. The van der Waals surface area contributed by atoms with Crippen LogP contribution in [0.2, 0.25) is 0 Å². The van der Waals surface area contributed by atoms with Crippen LogP contribution in [0.3, 0.4) is 0 Å². The van der Waals surface area contributed by atoms with Crippen molar-refractivity contribution in [1.29, 1.82) is 0 Å². The number of hydrogen-bond acceptors (Lipinski definition) is 3. The van der Waals surface area contributed by atoms with Gasteiger partial charge in [-0.05, 0) is 41.5 Å². The van der Waals surface area contributed by atoms with Gasteiger partial charge in [-0.25, -0.2) is 4.79 Å². The number of fused-ring (bicyclic) bond motifs is 1. The molecule has 2 rings (SSSR count). The van der Waals surface area contributed by atoms with Crippen molar-refractivity contribution in [3.05, 3.63) is 42.0 Å². The van der Waals surface area contributed by atoms with Crippen molar-refractivity contribution < 1.29 is 14.6 Å². The van der Waals surface area contributed by atoms with E-state index in [1.807, 2.05) is 36.4 Å². The summed E-state index contributed by atoms with van der Waals surface area (Å²) in [7, 11) is 1.64. The number of carbonyl (C=O) groups excluding carboxylic acids is 1. The molecule has 2 aromatic rings. The van der Waals surface area contributed by atoms with Gasteiger partial charge in [0.15, 0.2) is 0 Å². The predicted octanol–water partition coefficient (Wildman–Crippen LogP) is 2.03. The SMILES string of the molecule is COc1ccc2cc(CNC(=O)NC(C)CO)ccc2c1. The third-order valence-corrected chi connectivity index (χ3v) is 3.22. The fourth-order valence-corrected chi connectivity index (χ4v) is 2.01. The van der Waals surface area contributed by atoms with Crippen LogP contribution in [0.1, 0.15) is 12.5 Å². The van der Waals surface area contributed by atoms with E-state index in [0.717, 1.165) is 22.1 Å². The minimum atomic E-state index is -0.286. The highest BCUT2D eigenvalue weighted by molar-refractivity contribution is 5.84. The first-order valence-electron chi connectivity index (χ1n) is 6.84. The fourth-order valence-electron chi connectivity index (χ4n) is 2.01. The maximum Gasteiger partial charge on any atom is 0.315 e. The highest BCUT2D eigenvalue weighted by atomic mass is 16.5. The van der Waals surface area contributed by atoms with E-state index < -0.39 is 0 Å². The molecule has 1 unspecified atom stereocenters. The van der Waals surface area contributed by atoms with Gasteiger partial charge in [-0.2, -0.15) is 0 Å². The molecule has 0 heterocycles. The third kappa shape index (κ3) is 4.10. The summed E-state index contributed by atoms with van der Waals surface area (Å²) in [4.78, 5) is 11.6. The van der Waals surface area contributed by atoms with Gasteiger partial charge < -0.3 is 20.5 Å². The zero-order chi connectivity index (χ0) is 15.2. The van der Waals surface area contributed by atoms with Crippen molar-refractivity contribution in [2.75, 3.05) is 13.7 Å². The second-order valence-corrected chi connectivity index (χ2v) is 4.96. The van der Waals surface area contributed by atoms with Gasteiger partial charge in [-0.1, -0.05) is 18.2 Å². The summed E-state index contributed by atoms with van der Waals surface area (Å²) in [6.45, 7) is 2.10. The van der Waals surface area contributed by atoms with E-state index in [0.29, 0.717) is 6.54 Å². The van der Waals surface area contributed by atoms with Gasteiger partial charge in [-0.15, -0.1) is 0 Å². The van der Waals surface area contributed by atoms with Crippen LogP contribution < -0.4 is 15.4 Å². The van der Waals surface area contributed by atoms with Gasteiger partial charge in [0.2, 0.25) is 0 Å². The summed E-state index contributed by atoms with van der Waals surface area (Å²) in [5.74, 6) is 0.825. The molecule has 0 aromatic heterocycles. The standard InChI is InChI=1S/C16H20N2O3/c1-11(10-19)18-16(20)17-9-12-3-4-14-8-15(21-2)6-5-13(14)7-12/h3-8,11,19H,9-10H2,1-2H3,(H2,17,18,20). The van der Waals surface area contributed by atoms with Gasteiger partial charge in [0.05, 0.1) is 19.8 Å². The molecule has 0 aliphatic rings. The number of ether oxygens (including phenoxy) is 1. The number of aliphatic hydroxyl groups excluding tert-OH is 1. The quantitative estimate of drug-likeness (QED) is 0.788. The molecule has 2 aromatic carbocycles. The molecular formula is C16H20N2O3. The first-order valence-corrected chi connectivity index (χ1v) is 6.84. The molecule has 0 spiro atoms. The van der Waals surface area contributed by atoms with Gasteiger partial charge in [0.1, 0.15) is 5.75 Å². The molecule has 1 atom stereocenters. The van der Waals surface area contributed by atoms with E-state index in [9.17, 15) is 4.79 Å². The Morgan fingerprint density at radius 2 is 1.95 bits per heavy atom. The molecule has 3 N–H and O–H groups in total. The van der Waals surface area contributed by atoms with Crippen LogP contribution in [0.25, 0.3) is 10.8 Å². The van der Waals surface area contributed by atoms with Crippen molar-refractivity contribution in [2.45, 2.75) is 19.5 Å². The smallest absolute Gasteiger partial charge is 0.315 e. The summed E-state index contributed by atoms with van der Waals surface area (Å²) in [5.41, 5.74) is 1.01. The Bertz CT molecular complexity index is 628. The van der Waals surface area contributed by atoms with E-state index in [1.165, 1.54) is 0 Å². The summed E-state index contributed by atoms with van der Waals surface area (Å²) >= 11 is 0. The number of urea groups is 1. The molecule has 0 saturated carbocycles. The highest BCUT2D eigenvalue weighted by Gasteiger charge is 2.05. The van der Waals surface area contributed by atoms with E-state index in [-0.39, 0.29) is 18.7 Å². The normalized spacial score (nSPS) is 12.0. The molecule has 5 nitrogen and oxygen atoms in total. The van der Waals surface area contributed by atoms with Crippen molar-refractivity contribution in [1.82, 2.24) is 10.6 Å². The lowest BCUT2D eigenvalue weighted by molar-refractivity contribution is 0.220. The number of aliphatic hydroxyl groups is 1. The number of carbonyl (C=O) groups is 1. The Morgan fingerprint density at radius 3 is 2.67 bits per heavy atom. The largest absolute Gasteiger partial charge is 0.497 e. The number of benzene rings is 2. The number of rotatable bonds is 5. The molecule has 112 valence electrons. The van der Waals surface area contributed by atoms with Crippen molar-refractivity contribution in [3.8, 4) is 5.75 Å². The lowest BCUT2D eigenvalue weighted by Crippen LogP contribution is -2.41. The first kappa shape index (κ1) is 15.1. The van der Waals surface area contributed by atoms with Gasteiger partial charge in [-0.3, -0.25) is 0 Å². The molecule has 0 radical (unpaired) electrons. The Hall–Kier alpha value is -2.27. The number of amides is 2. The Kier molecular flexibility index (Phi) is 5.00. The van der Waals surface area contributed by atoms with Crippen LogP contribution >= 0.6 is 0 Å². The average molecular weight is 288 g/mol. The number of methoxy groups -OCH3 is 1. The van der Waals surface area contributed by atoms with Crippen LogP contribution in [0.4, 0.5) is 4.79 Å². The molecule has 5 heteroatoms. The molecule has 0 fully saturated rings. The Balaban J connectivity index is 2.01. The average Bonchev–Trinajstić information content (AvgIpc) is 2.52. The molecule has 0 aliphatic carbocycles. The van der Waals surface area contributed by atoms with Crippen molar-refractivity contribution >= 4 is 16.8 Å². The molecule has 21 heavy (non-hydrogen) atoms. The van der Waals surface area contributed by atoms with Crippen LogP contribution in [0.15, 0.2) is 36.4 Å². The predicted molar refractivity (Wildman–Crippen MR) is 82.4 cm³/mol. The molecular weight excluding hydrogens is 268 g/mol. The summed E-state index contributed by atoms with van der Waals surface area (Å²) < 4.78 is 5.19. The summed E-state index contributed by atoms with van der Waals surface area (Å²) in [5, 5.41) is 16.5. The maximum absolute atomic E-state index is 11.6. The molecule has 0 aliphatic heterocycles. The van der Waals surface area contributed by atoms with Crippen molar-refractivity contribution in [3.63, 3.8) is 0 Å². The van der Waals surface area contributed by atoms with E-state index in [4.69, 9.17) is 9.84 Å². The van der Waals surface area contributed by atoms with Crippen molar-refractivity contribution in [2.24, 2.45) is 0 Å². The fraction of sp³-hybridized carbons (Fsp3) is 0.312. The Labute approximate surface area is 123 Å². The molecule has 2 amide bonds. The lowest BCUT2D eigenvalue weighted by Gasteiger charge is -2.12. The first-order chi connectivity index (χ1) is 10.1. The van der Waals surface area contributed by atoms with E-state index in [1.54, 1.807) is 14.0 Å². The van der Waals surface area contributed by atoms with Crippen LogP contribution in [0.5, 0.6) is 5.75 Å². The minimum Gasteiger partial charge on any atom is -0.497 e.